The number of halogens is 1. The summed E-state index contributed by atoms with van der Waals surface area (Å²) in [5.74, 6) is 0. The van der Waals surface area contributed by atoms with E-state index < -0.39 is 5.67 Å². The highest BCUT2D eigenvalue weighted by Crippen LogP contribution is 2.19. The first kappa shape index (κ1) is 10.8. The first-order valence-electron chi connectivity index (χ1n) is 4.15. The van der Waals surface area contributed by atoms with Crippen molar-refractivity contribution in [3.63, 3.8) is 0 Å². The van der Waals surface area contributed by atoms with E-state index in [0.717, 1.165) is 6.54 Å². The van der Waals surface area contributed by atoms with Crippen LogP contribution in [0.15, 0.2) is 0 Å². The zero-order valence-corrected chi connectivity index (χ0v) is 7.61. The van der Waals surface area contributed by atoms with E-state index in [-0.39, 0.29) is 6.61 Å². The lowest BCUT2D eigenvalue weighted by Gasteiger charge is -2.15. The molecule has 0 bridgehead atoms. The molecule has 1 N–H and O–H groups in total. The number of rotatable bonds is 2. The highest BCUT2D eigenvalue weighted by Gasteiger charge is 2.33. The molecule has 1 unspecified atom stereocenters. The number of alkyl halides is 1. The summed E-state index contributed by atoms with van der Waals surface area (Å²) in [6.45, 7) is 5.45. The van der Waals surface area contributed by atoms with Crippen molar-refractivity contribution in [1.82, 2.24) is 5.32 Å². The first-order valence-corrected chi connectivity index (χ1v) is 4.15. The molecule has 1 heterocycles. The van der Waals surface area contributed by atoms with Gasteiger partial charge in [0.25, 0.3) is 0 Å². The highest BCUT2D eigenvalue weighted by atomic mass is 19.1. The van der Waals surface area contributed by atoms with Crippen LogP contribution < -0.4 is 5.32 Å². The van der Waals surface area contributed by atoms with Gasteiger partial charge >= 0.3 is 0 Å². The molecule has 1 aliphatic rings. The zero-order valence-electron chi connectivity index (χ0n) is 7.61. The fraction of sp³-hybridized carbons (Fsp3) is 1.00. The topological polar surface area (TPSA) is 21.3 Å². The van der Waals surface area contributed by atoms with Gasteiger partial charge in [0.1, 0.15) is 5.67 Å². The molecule has 1 rings (SSSR count). The van der Waals surface area contributed by atoms with Crippen LogP contribution in [0, 0.1) is 0 Å². The smallest absolute Gasteiger partial charge is 0.147 e. The second-order valence-electron chi connectivity index (χ2n) is 2.51. The van der Waals surface area contributed by atoms with Gasteiger partial charge in [-0.2, -0.15) is 0 Å². The minimum atomic E-state index is -1.09. The molecule has 0 spiro atoms. The molecule has 0 aliphatic carbocycles. The molecule has 0 aromatic heterocycles. The van der Waals surface area contributed by atoms with Gasteiger partial charge in [-0.1, -0.05) is 13.8 Å². The third-order valence-electron chi connectivity index (χ3n) is 1.59. The Labute approximate surface area is 68.1 Å². The SMILES string of the molecule is CC.COCC1(F)CCNC1. The van der Waals surface area contributed by atoms with Gasteiger partial charge in [0, 0.05) is 13.7 Å². The minimum absolute atomic E-state index is 0.222. The summed E-state index contributed by atoms with van der Waals surface area (Å²) in [5.41, 5.74) is -1.09. The van der Waals surface area contributed by atoms with Crippen molar-refractivity contribution < 1.29 is 9.13 Å². The molecule has 1 atom stereocenters. The molecule has 0 radical (unpaired) electrons. The van der Waals surface area contributed by atoms with E-state index in [2.05, 4.69) is 5.32 Å². The van der Waals surface area contributed by atoms with E-state index in [1.54, 1.807) is 0 Å². The van der Waals surface area contributed by atoms with Gasteiger partial charge in [-0.25, -0.2) is 4.39 Å². The Bertz CT molecular complexity index is 92.1. The van der Waals surface area contributed by atoms with Crippen LogP contribution in [0.3, 0.4) is 0 Å². The average Bonchev–Trinajstić information content (AvgIpc) is 2.41. The third kappa shape index (κ3) is 3.68. The summed E-state index contributed by atoms with van der Waals surface area (Å²) in [4.78, 5) is 0. The molecule has 11 heavy (non-hydrogen) atoms. The normalized spacial score (nSPS) is 29.5. The molecule has 1 fully saturated rings. The summed E-state index contributed by atoms with van der Waals surface area (Å²) in [5, 5.41) is 2.94. The Morgan fingerprint density at radius 1 is 1.55 bits per heavy atom. The second kappa shape index (κ2) is 5.49. The first-order chi connectivity index (χ1) is 5.27. The van der Waals surface area contributed by atoms with Crippen LogP contribution in [-0.4, -0.2) is 32.5 Å². The van der Waals surface area contributed by atoms with Gasteiger partial charge < -0.3 is 10.1 Å². The van der Waals surface area contributed by atoms with Gasteiger partial charge in [-0.05, 0) is 13.0 Å². The van der Waals surface area contributed by atoms with E-state index in [1.165, 1.54) is 7.11 Å². The number of hydrogen-bond acceptors (Lipinski definition) is 2. The average molecular weight is 163 g/mol. The molecule has 2 nitrogen and oxygen atoms in total. The number of methoxy groups -OCH3 is 1. The molecule has 68 valence electrons. The molecule has 0 saturated carbocycles. The second-order valence-corrected chi connectivity index (χ2v) is 2.51. The summed E-state index contributed by atoms with van der Waals surface area (Å²) < 4.78 is 17.8. The maximum Gasteiger partial charge on any atom is 0.147 e. The summed E-state index contributed by atoms with van der Waals surface area (Å²) >= 11 is 0. The molecular formula is C8H18FNO. The molecular weight excluding hydrogens is 145 g/mol. The van der Waals surface area contributed by atoms with E-state index in [9.17, 15) is 4.39 Å². The molecule has 0 aromatic rings. The van der Waals surface area contributed by atoms with Gasteiger partial charge in [0.15, 0.2) is 0 Å². The van der Waals surface area contributed by atoms with E-state index in [0.29, 0.717) is 13.0 Å². The summed E-state index contributed by atoms with van der Waals surface area (Å²) in [7, 11) is 1.53. The van der Waals surface area contributed by atoms with Crippen LogP contribution in [0.5, 0.6) is 0 Å². The lowest BCUT2D eigenvalue weighted by Crippen LogP contribution is -2.31. The van der Waals surface area contributed by atoms with Crippen LogP contribution in [0.1, 0.15) is 20.3 Å². The molecule has 1 aliphatic heterocycles. The quantitative estimate of drug-likeness (QED) is 0.663. The van der Waals surface area contributed by atoms with Crippen LogP contribution in [0.25, 0.3) is 0 Å². The van der Waals surface area contributed by atoms with Gasteiger partial charge in [-0.15, -0.1) is 0 Å². The monoisotopic (exact) mass is 163 g/mol. The van der Waals surface area contributed by atoms with Crippen LogP contribution in [-0.2, 0) is 4.74 Å². The van der Waals surface area contributed by atoms with Crippen molar-refractivity contribution in [3.05, 3.63) is 0 Å². The maximum atomic E-state index is 13.1. The summed E-state index contributed by atoms with van der Waals surface area (Å²) in [6.07, 6.45) is 0.584. The molecule has 0 amide bonds. The van der Waals surface area contributed by atoms with Crippen molar-refractivity contribution in [1.29, 1.82) is 0 Å². The molecule has 1 saturated heterocycles. The van der Waals surface area contributed by atoms with Crippen molar-refractivity contribution >= 4 is 0 Å². The van der Waals surface area contributed by atoms with Gasteiger partial charge in [0.2, 0.25) is 0 Å². The maximum absolute atomic E-state index is 13.1. The van der Waals surface area contributed by atoms with Crippen LogP contribution in [0.2, 0.25) is 0 Å². The van der Waals surface area contributed by atoms with E-state index in [1.807, 2.05) is 13.8 Å². The van der Waals surface area contributed by atoms with Crippen LogP contribution >= 0.6 is 0 Å². The largest absolute Gasteiger partial charge is 0.381 e. The van der Waals surface area contributed by atoms with Gasteiger partial charge in [0.05, 0.1) is 6.61 Å². The fourth-order valence-corrected chi connectivity index (χ4v) is 1.10. The van der Waals surface area contributed by atoms with E-state index in [4.69, 9.17) is 4.74 Å². The Kier molecular flexibility index (Phi) is 5.42. The predicted octanol–water partition coefficient (Wildman–Crippen LogP) is 1.36. The van der Waals surface area contributed by atoms with Crippen molar-refractivity contribution in [2.75, 3.05) is 26.8 Å². The van der Waals surface area contributed by atoms with Crippen molar-refractivity contribution in [2.45, 2.75) is 25.9 Å². The third-order valence-corrected chi connectivity index (χ3v) is 1.59. The molecule has 3 heteroatoms. The fourth-order valence-electron chi connectivity index (χ4n) is 1.10. The lowest BCUT2D eigenvalue weighted by atomic mass is 10.1. The van der Waals surface area contributed by atoms with Crippen LogP contribution in [0.4, 0.5) is 4.39 Å². The number of nitrogens with one attached hydrogen (secondary N) is 1. The minimum Gasteiger partial charge on any atom is -0.381 e. The number of hydrogen-bond donors (Lipinski definition) is 1. The Morgan fingerprint density at radius 3 is 2.55 bits per heavy atom. The standard InChI is InChI=1S/C6H12FNO.C2H6/c1-9-5-6(7)2-3-8-4-6;1-2/h8H,2-5H2,1H3;1-2H3. The van der Waals surface area contributed by atoms with Crippen molar-refractivity contribution in [3.8, 4) is 0 Å². The lowest BCUT2D eigenvalue weighted by molar-refractivity contribution is 0.0558. The predicted molar refractivity (Wildman–Crippen MR) is 44.5 cm³/mol. The highest BCUT2D eigenvalue weighted by molar-refractivity contribution is 4.87. The number of ether oxygens (including phenoxy) is 1. The zero-order chi connectivity index (χ0) is 8.74. The Hall–Kier alpha value is -0.150. The molecule has 0 aromatic carbocycles. The summed E-state index contributed by atoms with van der Waals surface area (Å²) in [6, 6.07) is 0. The Morgan fingerprint density at radius 2 is 2.18 bits per heavy atom. The van der Waals surface area contributed by atoms with Crippen molar-refractivity contribution in [2.24, 2.45) is 0 Å². The van der Waals surface area contributed by atoms with E-state index >= 15 is 0 Å². The Balaban J connectivity index is 0.000000461. The van der Waals surface area contributed by atoms with Gasteiger partial charge in [-0.3, -0.25) is 0 Å².